The van der Waals surface area contributed by atoms with Crippen LogP contribution < -0.4 is 5.32 Å². The third-order valence-corrected chi connectivity index (χ3v) is 4.92. The highest BCUT2D eigenvalue weighted by Gasteiger charge is 2.20. The van der Waals surface area contributed by atoms with E-state index in [0.717, 1.165) is 19.2 Å². The summed E-state index contributed by atoms with van der Waals surface area (Å²) in [4.78, 5) is 39.2. The summed E-state index contributed by atoms with van der Waals surface area (Å²) in [5.74, 6) is -0.612. The monoisotopic (exact) mass is 402 g/mol. The van der Waals surface area contributed by atoms with Gasteiger partial charge >= 0.3 is 0 Å². The summed E-state index contributed by atoms with van der Waals surface area (Å²) in [6.07, 6.45) is 0. The number of amides is 2. The average molecular weight is 403 g/mol. The van der Waals surface area contributed by atoms with Crippen molar-refractivity contribution >= 4 is 34.8 Å². The number of rotatable bonds is 4. The summed E-state index contributed by atoms with van der Waals surface area (Å²) < 4.78 is 0. The van der Waals surface area contributed by atoms with Gasteiger partial charge in [-0.3, -0.25) is 19.7 Å². The van der Waals surface area contributed by atoms with E-state index < -0.39 is 10.8 Å². The van der Waals surface area contributed by atoms with E-state index in [9.17, 15) is 19.7 Å². The average Bonchev–Trinajstić information content (AvgIpc) is 2.68. The number of nitrogens with one attached hydrogen (secondary N) is 1. The second-order valence-corrected chi connectivity index (χ2v) is 6.96. The first-order valence-corrected chi connectivity index (χ1v) is 9.06. The molecule has 1 N–H and O–H groups in total. The Hall–Kier alpha value is -2.97. The van der Waals surface area contributed by atoms with Gasteiger partial charge in [-0.1, -0.05) is 11.6 Å². The Morgan fingerprint density at radius 1 is 1.07 bits per heavy atom. The molecule has 1 fully saturated rings. The van der Waals surface area contributed by atoms with Crippen LogP contribution in [0.15, 0.2) is 42.5 Å². The van der Waals surface area contributed by atoms with Crippen molar-refractivity contribution in [2.24, 2.45) is 0 Å². The smallest absolute Gasteiger partial charge is 0.270 e. The largest absolute Gasteiger partial charge is 0.336 e. The lowest BCUT2D eigenvalue weighted by Crippen LogP contribution is -2.47. The minimum Gasteiger partial charge on any atom is -0.336 e. The summed E-state index contributed by atoms with van der Waals surface area (Å²) in [5.41, 5.74) is 0.787. The molecule has 2 amide bonds. The summed E-state index contributed by atoms with van der Waals surface area (Å²) in [6.45, 7) is 3.03. The first-order chi connectivity index (χ1) is 13.3. The molecule has 28 heavy (non-hydrogen) atoms. The molecular formula is C19H19ClN4O4. The number of benzene rings is 2. The van der Waals surface area contributed by atoms with Crippen molar-refractivity contribution in [3.63, 3.8) is 0 Å². The summed E-state index contributed by atoms with van der Waals surface area (Å²) in [5, 5.41) is 13.6. The van der Waals surface area contributed by atoms with Gasteiger partial charge in [-0.2, -0.15) is 0 Å². The van der Waals surface area contributed by atoms with Crippen LogP contribution in [0, 0.1) is 10.1 Å². The van der Waals surface area contributed by atoms with Gasteiger partial charge in [0.05, 0.1) is 15.5 Å². The van der Waals surface area contributed by atoms with E-state index >= 15 is 0 Å². The number of likely N-dealkylation sites (N-methyl/N-ethyl adjacent to an activating group) is 1. The molecule has 2 aromatic carbocycles. The zero-order valence-corrected chi connectivity index (χ0v) is 16.0. The molecule has 0 aromatic heterocycles. The Labute approximate surface area is 166 Å². The topological polar surface area (TPSA) is 95.8 Å². The molecule has 1 saturated heterocycles. The Balaban J connectivity index is 1.69. The molecule has 146 valence electrons. The first-order valence-electron chi connectivity index (χ1n) is 8.68. The lowest BCUT2D eigenvalue weighted by molar-refractivity contribution is -0.384. The molecule has 0 unspecified atom stereocenters. The molecule has 8 nitrogen and oxygen atoms in total. The molecule has 1 aliphatic rings. The minimum absolute atomic E-state index is 0.00783. The fourth-order valence-electron chi connectivity index (χ4n) is 2.89. The SMILES string of the molecule is CN1CCN(C(=O)c2ccc(NC(=O)c3cc([N+](=O)[O-])ccc3Cl)cc2)CC1. The van der Waals surface area contributed by atoms with Crippen LogP contribution in [0.25, 0.3) is 0 Å². The predicted octanol–water partition coefficient (Wildman–Crippen LogP) is 2.89. The molecule has 9 heteroatoms. The number of anilines is 1. The molecule has 0 bridgehead atoms. The van der Waals surface area contributed by atoms with E-state index in [1.54, 1.807) is 29.2 Å². The van der Waals surface area contributed by atoms with E-state index in [0.29, 0.717) is 24.3 Å². The van der Waals surface area contributed by atoms with Crippen LogP contribution in [0.5, 0.6) is 0 Å². The van der Waals surface area contributed by atoms with Gasteiger partial charge < -0.3 is 15.1 Å². The van der Waals surface area contributed by atoms with E-state index in [4.69, 9.17) is 11.6 Å². The van der Waals surface area contributed by atoms with Gasteiger partial charge in [-0.25, -0.2) is 0 Å². The van der Waals surface area contributed by atoms with E-state index in [1.165, 1.54) is 12.1 Å². The van der Waals surface area contributed by atoms with Gasteiger partial charge in [-0.05, 0) is 37.4 Å². The Morgan fingerprint density at radius 2 is 1.71 bits per heavy atom. The molecular weight excluding hydrogens is 384 g/mol. The number of carbonyl (C=O) groups is 2. The minimum atomic E-state index is -0.591. The van der Waals surface area contributed by atoms with Crippen molar-refractivity contribution in [3.8, 4) is 0 Å². The Morgan fingerprint density at radius 3 is 2.32 bits per heavy atom. The van der Waals surface area contributed by atoms with Gasteiger partial charge in [-0.15, -0.1) is 0 Å². The first kappa shape index (κ1) is 19.8. The molecule has 0 atom stereocenters. The second kappa shape index (κ2) is 8.37. The fourth-order valence-corrected chi connectivity index (χ4v) is 3.09. The maximum atomic E-state index is 12.5. The van der Waals surface area contributed by atoms with Crippen molar-refractivity contribution in [2.45, 2.75) is 0 Å². The van der Waals surface area contributed by atoms with Crippen molar-refractivity contribution in [1.29, 1.82) is 0 Å². The van der Waals surface area contributed by atoms with Crippen LogP contribution in [-0.2, 0) is 0 Å². The number of nitro groups is 1. The van der Waals surface area contributed by atoms with E-state index in [1.807, 2.05) is 7.05 Å². The number of piperazine rings is 1. The number of nitro benzene ring substituents is 1. The van der Waals surface area contributed by atoms with Crippen LogP contribution in [-0.4, -0.2) is 59.8 Å². The number of non-ortho nitro benzene ring substituents is 1. The summed E-state index contributed by atoms with van der Waals surface area (Å²) in [6, 6.07) is 10.2. The zero-order valence-electron chi connectivity index (χ0n) is 15.2. The van der Waals surface area contributed by atoms with Crippen LogP contribution in [0.1, 0.15) is 20.7 Å². The highest BCUT2D eigenvalue weighted by Crippen LogP contribution is 2.23. The predicted molar refractivity (Wildman–Crippen MR) is 106 cm³/mol. The van der Waals surface area contributed by atoms with Crippen LogP contribution in [0.2, 0.25) is 5.02 Å². The van der Waals surface area contributed by atoms with Crippen molar-refractivity contribution in [2.75, 3.05) is 38.5 Å². The highest BCUT2D eigenvalue weighted by atomic mass is 35.5. The number of halogens is 1. The molecule has 0 aliphatic carbocycles. The maximum Gasteiger partial charge on any atom is 0.270 e. The van der Waals surface area contributed by atoms with Gasteiger partial charge in [0.15, 0.2) is 0 Å². The number of hydrogen-bond donors (Lipinski definition) is 1. The third-order valence-electron chi connectivity index (χ3n) is 4.59. The summed E-state index contributed by atoms with van der Waals surface area (Å²) in [7, 11) is 2.02. The standard InChI is InChI=1S/C19H19ClN4O4/c1-22-8-10-23(11-9-22)19(26)13-2-4-14(5-3-13)21-18(25)16-12-15(24(27)28)6-7-17(16)20/h2-7,12H,8-11H2,1H3,(H,21,25). The Bertz CT molecular complexity index is 909. The zero-order chi connectivity index (χ0) is 20.3. The van der Waals surface area contributed by atoms with Crippen molar-refractivity contribution in [3.05, 3.63) is 68.7 Å². The third kappa shape index (κ3) is 4.47. The number of hydrogen-bond acceptors (Lipinski definition) is 5. The van der Waals surface area contributed by atoms with Gasteiger partial charge in [0.2, 0.25) is 0 Å². The maximum absolute atomic E-state index is 12.5. The van der Waals surface area contributed by atoms with Crippen LogP contribution in [0.3, 0.4) is 0 Å². The fraction of sp³-hybridized carbons (Fsp3) is 0.263. The van der Waals surface area contributed by atoms with Gasteiger partial charge in [0.1, 0.15) is 0 Å². The van der Waals surface area contributed by atoms with E-state index in [-0.39, 0.29) is 22.2 Å². The lowest BCUT2D eigenvalue weighted by Gasteiger charge is -2.32. The lowest BCUT2D eigenvalue weighted by atomic mass is 10.1. The van der Waals surface area contributed by atoms with Gasteiger partial charge in [0.25, 0.3) is 17.5 Å². The van der Waals surface area contributed by atoms with Gasteiger partial charge in [0, 0.05) is 49.6 Å². The van der Waals surface area contributed by atoms with E-state index in [2.05, 4.69) is 10.2 Å². The van der Waals surface area contributed by atoms with Crippen molar-refractivity contribution < 1.29 is 14.5 Å². The molecule has 1 heterocycles. The second-order valence-electron chi connectivity index (χ2n) is 6.55. The molecule has 0 radical (unpaired) electrons. The van der Waals surface area contributed by atoms with Crippen molar-refractivity contribution in [1.82, 2.24) is 9.80 Å². The Kier molecular flexibility index (Phi) is 5.91. The molecule has 0 spiro atoms. The number of nitrogens with zero attached hydrogens (tertiary/aromatic N) is 3. The quantitative estimate of drug-likeness (QED) is 0.626. The molecule has 3 rings (SSSR count). The highest BCUT2D eigenvalue weighted by molar-refractivity contribution is 6.34. The molecule has 1 aliphatic heterocycles. The van der Waals surface area contributed by atoms with Crippen LogP contribution in [0.4, 0.5) is 11.4 Å². The summed E-state index contributed by atoms with van der Waals surface area (Å²) >= 11 is 5.99. The number of carbonyl (C=O) groups excluding carboxylic acids is 2. The molecule has 0 saturated carbocycles. The normalized spacial score (nSPS) is 14.6. The van der Waals surface area contributed by atoms with Crippen LogP contribution >= 0.6 is 11.6 Å². The molecule has 2 aromatic rings.